The van der Waals surface area contributed by atoms with E-state index in [1.54, 1.807) is 0 Å². The highest BCUT2D eigenvalue weighted by atomic mass is 35.5. The van der Waals surface area contributed by atoms with Crippen LogP contribution in [0.5, 0.6) is 0 Å². The van der Waals surface area contributed by atoms with Crippen molar-refractivity contribution in [1.29, 1.82) is 0 Å². The van der Waals surface area contributed by atoms with Crippen molar-refractivity contribution < 1.29 is 4.79 Å². The summed E-state index contributed by atoms with van der Waals surface area (Å²) in [6.07, 6.45) is 1.48. The van der Waals surface area contributed by atoms with Gasteiger partial charge in [0.2, 0.25) is 5.91 Å². The molecular weight excluding hydrogens is 321 g/mol. The van der Waals surface area contributed by atoms with E-state index >= 15 is 0 Å². The van der Waals surface area contributed by atoms with Gasteiger partial charge >= 0.3 is 0 Å². The number of anilines is 1. The number of carbonyl (C=O) groups is 1. The number of rotatable bonds is 7. The summed E-state index contributed by atoms with van der Waals surface area (Å²) >= 11 is 0. The van der Waals surface area contributed by atoms with Gasteiger partial charge in [-0.1, -0.05) is 26.0 Å². The first-order valence-corrected chi connectivity index (χ1v) is 7.16. The summed E-state index contributed by atoms with van der Waals surface area (Å²) in [6, 6.07) is 7.82. The molecule has 0 spiro atoms. The number of nitrogens with zero attached hydrogens (tertiary/aromatic N) is 1. The Bertz CT molecular complexity index is 422. The van der Waals surface area contributed by atoms with Gasteiger partial charge in [-0.05, 0) is 44.1 Å². The van der Waals surface area contributed by atoms with Crippen molar-refractivity contribution >= 4 is 36.4 Å². The average molecular weight is 350 g/mol. The Balaban J connectivity index is 0. The molecule has 0 fully saturated rings. The molecule has 22 heavy (non-hydrogen) atoms. The van der Waals surface area contributed by atoms with Crippen molar-refractivity contribution in [3.8, 4) is 0 Å². The molecule has 3 N–H and O–H groups in total. The number of nitrogens with two attached hydrogens (primary N) is 1. The highest BCUT2D eigenvalue weighted by molar-refractivity contribution is 5.85. The smallest absolute Gasteiger partial charge is 0.224 e. The van der Waals surface area contributed by atoms with E-state index in [-0.39, 0.29) is 30.7 Å². The van der Waals surface area contributed by atoms with Gasteiger partial charge in [-0.3, -0.25) is 4.79 Å². The summed E-state index contributed by atoms with van der Waals surface area (Å²) in [5.74, 6) is 0.682. The molecule has 1 unspecified atom stereocenters. The molecule has 0 aromatic heterocycles. The third-order valence-electron chi connectivity index (χ3n) is 3.35. The second-order valence-corrected chi connectivity index (χ2v) is 5.97. The fraction of sp³-hybridized carbons (Fsp3) is 0.562. The van der Waals surface area contributed by atoms with Gasteiger partial charge in [-0.25, -0.2) is 0 Å². The molecule has 1 amide bonds. The van der Waals surface area contributed by atoms with Crippen LogP contribution >= 0.6 is 24.8 Å². The van der Waals surface area contributed by atoms with Crippen LogP contribution in [0.2, 0.25) is 0 Å². The van der Waals surface area contributed by atoms with Crippen molar-refractivity contribution in [2.75, 3.05) is 26.4 Å². The molecule has 1 aromatic carbocycles. The first-order chi connectivity index (χ1) is 9.38. The molecular formula is C16H29Cl2N3O. The van der Waals surface area contributed by atoms with Crippen LogP contribution in [0.4, 0.5) is 5.69 Å². The van der Waals surface area contributed by atoms with Gasteiger partial charge in [0.05, 0.1) is 6.42 Å². The minimum atomic E-state index is 0. The second-order valence-electron chi connectivity index (χ2n) is 5.97. The Hall–Kier alpha value is -0.970. The van der Waals surface area contributed by atoms with Crippen LogP contribution in [-0.4, -0.2) is 37.5 Å². The minimum absolute atomic E-state index is 0. The first-order valence-electron chi connectivity index (χ1n) is 7.16. The minimum Gasteiger partial charge on any atom is -0.399 e. The maximum absolute atomic E-state index is 11.9. The normalized spacial score (nSPS) is 11.5. The Morgan fingerprint density at radius 3 is 2.18 bits per heavy atom. The maximum atomic E-state index is 11.9. The van der Waals surface area contributed by atoms with E-state index in [1.165, 1.54) is 0 Å². The molecule has 0 aliphatic rings. The predicted octanol–water partition coefficient (Wildman–Crippen LogP) is 2.75. The Kier molecular flexibility index (Phi) is 12.3. The van der Waals surface area contributed by atoms with E-state index in [0.29, 0.717) is 24.9 Å². The van der Waals surface area contributed by atoms with Gasteiger partial charge in [0.25, 0.3) is 0 Å². The predicted molar refractivity (Wildman–Crippen MR) is 99.0 cm³/mol. The molecule has 0 radical (unpaired) electrons. The van der Waals surface area contributed by atoms with Crippen LogP contribution in [0, 0.1) is 5.92 Å². The molecule has 0 heterocycles. The summed E-state index contributed by atoms with van der Waals surface area (Å²) in [4.78, 5) is 14.1. The van der Waals surface area contributed by atoms with Crippen molar-refractivity contribution in [2.45, 2.75) is 32.7 Å². The van der Waals surface area contributed by atoms with E-state index in [0.717, 1.165) is 17.7 Å². The van der Waals surface area contributed by atoms with Gasteiger partial charge in [0.15, 0.2) is 0 Å². The third kappa shape index (κ3) is 9.13. The lowest BCUT2D eigenvalue weighted by Gasteiger charge is -2.26. The molecule has 128 valence electrons. The van der Waals surface area contributed by atoms with Crippen LogP contribution in [0.15, 0.2) is 24.3 Å². The van der Waals surface area contributed by atoms with Crippen molar-refractivity contribution in [3.05, 3.63) is 29.8 Å². The summed E-state index contributed by atoms with van der Waals surface area (Å²) in [5, 5.41) is 3.02. The van der Waals surface area contributed by atoms with Gasteiger partial charge in [-0.15, -0.1) is 24.8 Å². The zero-order valence-electron chi connectivity index (χ0n) is 13.8. The Morgan fingerprint density at radius 1 is 1.18 bits per heavy atom. The molecule has 0 saturated carbocycles. The number of hydrogen-bond acceptors (Lipinski definition) is 3. The number of halogens is 2. The standard InChI is InChI=1S/C16H27N3O.2ClH/c1-12(2)9-15(19(3)4)11-18-16(20)10-13-5-7-14(17)8-6-13;;/h5-8,12,15H,9-11,17H2,1-4H3,(H,18,20);2*1H. The number of benzene rings is 1. The topological polar surface area (TPSA) is 58.4 Å². The van der Waals surface area contributed by atoms with E-state index in [4.69, 9.17) is 5.73 Å². The van der Waals surface area contributed by atoms with Crippen LogP contribution < -0.4 is 11.1 Å². The summed E-state index contributed by atoms with van der Waals surface area (Å²) in [6.45, 7) is 5.10. The second kappa shape index (κ2) is 11.6. The highest BCUT2D eigenvalue weighted by Gasteiger charge is 2.14. The summed E-state index contributed by atoms with van der Waals surface area (Å²) < 4.78 is 0. The zero-order chi connectivity index (χ0) is 15.1. The van der Waals surface area contributed by atoms with Crippen molar-refractivity contribution in [2.24, 2.45) is 5.92 Å². The number of carbonyl (C=O) groups excluding carboxylic acids is 1. The summed E-state index contributed by atoms with van der Waals surface area (Å²) in [7, 11) is 4.11. The molecule has 4 nitrogen and oxygen atoms in total. The van der Waals surface area contributed by atoms with Gasteiger partial charge in [-0.2, -0.15) is 0 Å². The third-order valence-corrected chi connectivity index (χ3v) is 3.35. The quantitative estimate of drug-likeness (QED) is 0.744. The number of amides is 1. The largest absolute Gasteiger partial charge is 0.399 e. The number of nitrogen functional groups attached to an aromatic ring is 1. The fourth-order valence-corrected chi connectivity index (χ4v) is 2.14. The lowest BCUT2D eigenvalue weighted by molar-refractivity contribution is -0.120. The molecule has 6 heteroatoms. The average Bonchev–Trinajstić information content (AvgIpc) is 2.36. The summed E-state index contributed by atoms with van der Waals surface area (Å²) in [5.41, 5.74) is 7.34. The SMILES string of the molecule is CC(C)CC(CNC(=O)Cc1ccc(N)cc1)N(C)C.Cl.Cl. The molecule has 0 aliphatic carbocycles. The molecule has 1 rings (SSSR count). The van der Waals surface area contributed by atoms with Crippen LogP contribution in [0.1, 0.15) is 25.8 Å². The van der Waals surface area contributed by atoms with Gasteiger partial charge in [0, 0.05) is 18.3 Å². The van der Waals surface area contributed by atoms with Crippen LogP contribution in [0.25, 0.3) is 0 Å². The van der Waals surface area contributed by atoms with Crippen molar-refractivity contribution in [1.82, 2.24) is 10.2 Å². The zero-order valence-corrected chi connectivity index (χ0v) is 15.5. The van der Waals surface area contributed by atoms with E-state index in [2.05, 4.69) is 38.2 Å². The highest BCUT2D eigenvalue weighted by Crippen LogP contribution is 2.09. The lowest BCUT2D eigenvalue weighted by atomic mass is 10.0. The number of likely N-dealkylation sites (N-methyl/N-ethyl adjacent to an activating group) is 1. The molecule has 0 bridgehead atoms. The first kappa shape index (κ1) is 23.3. The van der Waals surface area contributed by atoms with E-state index in [9.17, 15) is 4.79 Å². The number of nitrogens with one attached hydrogen (secondary N) is 1. The molecule has 0 saturated heterocycles. The van der Waals surface area contributed by atoms with Gasteiger partial charge < -0.3 is 16.0 Å². The Labute approximate surface area is 146 Å². The maximum Gasteiger partial charge on any atom is 0.224 e. The molecule has 1 aromatic rings. The van der Waals surface area contributed by atoms with Crippen molar-refractivity contribution in [3.63, 3.8) is 0 Å². The van der Waals surface area contributed by atoms with Gasteiger partial charge in [0.1, 0.15) is 0 Å². The molecule has 1 atom stereocenters. The molecule has 0 aliphatic heterocycles. The monoisotopic (exact) mass is 349 g/mol. The lowest BCUT2D eigenvalue weighted by Crippen LogP contribution is -2.41. The fourth-order valence-electron chi connectivity index (χ4n) is 2.14. The van der Waals surface area contributed by atoms with E-state index in [1.807, 2.05) is 24.3 Å². The Morgan fingerprint density at radius 2 is 1.73 bits per heavy atom. The van der Waals surface area contributed by atoms with Crippen LogP contribution in [-0.2, 0) is 11.2 Å². The van der Waals surface area contributed by atoms with Crippen LogP contribution in [0.3, 0.4) is 0 Å². The number of hydrogen-bond donors (Lipinski definition) is 2. The van der Waals surface area contributed by atoms with E-state index < -0.39 is 0 Å².